The van der Waals surface area contributed by atoms with Gasteiger partial charge in [-0.1, -0.05) is 38.5 Å². The van der Waals surface area contributed by atoms with E-state index in [-0.39, 0.29) is 17.7 Å². The van der Waals surface area contributed by atoms with Gasteiger partial charge >= 0.3 is 0 Å². The summed E-state index contributed by atoms with van der Waals surface area (Å²) in [4.78, 5) is 27.7. The molecule has 1 fully saturated rings. The molecule has 1 saturated heterocycles. The summed E-state index contributed by atoms with van der Waals surface area (Å²) in [5, 5.41) is 6.83. The van der Waals surface area contributed by atoms with E-state index in [1.54, 1.807) is 0 Å². The molecule has 0 spiro atoms. The van der Waals surface area contributed by atoms with Crippen LogP contribution in [0.2, 0.25) is 0 Å². The van der Waals surface area contributed by atoms with Crippen molar-refractivity contribution in [1.82, 2.24) is 15.6 Å². The highest BCUT2D eigenvalue weighted by Crippen LogP contribution is 2.20. The van der Waals surface area contributed by atoms with Gasteiger partial charge < -0.3 is 15.6 Å². The molecule has 3 atom stereocenters. The van der Waals surface area contributed by atoms with Gasteiger partial charge in [-0.15, -0.1) is 0 Å². The Morgan fingerprint density at radius 3 is 2.68 bits per heavy atom. The zero-order valence-electron chi connectivity index (χ0n) is 12.8. The molecule has 22 heavy (non-hydrogen) atoms. The third-order valence-electron chi connectivity index (χ3n) is 4.53. The van der Waals surface area contributed by atoms with E-state index in [0.717, 1.165) is 22.9 Å². The predicted octanol–water partition coefficient (Wildman–Crippen LogP) is 1.74. The molecule has 3 N–H and O–H groups in total. The quantitative estimate of drug-likeness (QED) is 0.804. The van der Waals surface area contributed by atoms with Gasteiger partial charge in [-0.05, 0) is 17.5 Å². The van der Waals surface area contributed by atoms with Crippen molar-refractivity contribution in [3.8, 4) is 0 Å². The molecule has 1 aliphatic rings. The second-order valence-corrected chi connectivity index (χ2v) is 6.00. The molecule has 0 radical (unpaired) electrons. The lowest BCUT2D eigenvalue weighted by Gasteiger charge is -2.32. The van der Waals surface area contributed by atoms with Crippen LogP contribution in [0.5, 0.6) is 0 Å². The standard InChI is InChI=1S/C17H21N3O2/c1-3-10(2)15-17(22)19-14(16(21)20-15)8-11-9-18-13-7-5-4-6-12(11)13/h4-7,9-10,14-15,18H,3,8H2,1-2H3,(H,19,22)(H,20,21)/t10-,14-,15+/m0/s1. The molecule has 116 valence electrons. The van der Waals surface area contributed by atoms with Crippen LogP contribution in [0.3, 0.4) is 0 Å². The number of para-hydroxylation sites is 1. The van der Waals surface area contributed by atoms with Gasteiger partial charge in [-0.25, -0.2) is 0 Å². The largest absolute Gasteiger partial charge is 0.361 e. The van der Waals surface area contributed by atoms with Crippen molar-refractivity contribution in [2.75, 3.05) is 0 Å². The van der Waals surface area contributed by atoms with E-state index in [1.807, 2.05) is 44.3 Å². The molecule has 2 aromatic rings. The fourth-order valence-electron chi connectivity index (χ4n) is 2.95. The summed E-state index contributed by atoms with van der Waals surface area (Å²) >= 11 is 0. The number of fused-ring (bicyclic) bond motifs is 1. The Bertz CT molecular complexity index is 707. The fraction of sp³-hybridized carbons (Fsp3) is 0.412. The Hall–Kier alpha value is -2.30. The predicted molar refractivity (Wildman–Crippen MR) is 85.3 cm³/mol. The third-order valence-corrected chi connectivity index (χ3v) is 4.53. The van der Waals surface area contributed by atoms with Crippen molar-refractivity contribution in [2.24, 2.45) is 5.92 Å². The van der Waals surface area contributed by atoms with Crippen LogP contribution in [0.1, 0.15) is 25.8 Å². The molecule has 1 aromatic heterocycles. The number of amides is 2. The van der Waals surface area contributed by atoms with Gasteiger partial charge in [-0.2, -0.15) is 0 Å². The van der Waals surface area contributed by atoms with Crippen molar-refractivity contribution >= 4 is 22.7 Å². The summed E-state index contributed by atoms with van der Waals surface area (Å²) in [6.07, 6.45) is 3.26. The van der Waals surface area contributed by atoms with Crippen molar-refractivity contribution in [3.05, 3.63) is 36.0 Å². The van der Waals surface area contributed by atoms with Gasteiger partial charge in [0.15, 0.2) is 0 Å². The summed E-state index contributed by atoms with van der Waals surface area (Å²) in [6.45, 7) is 3.99. The second-order valence-electron chi connectivity index (χ2n) is 6.00. The van der Waals surface area contributed by atoms with Gasteiger partial charge in [0.05, 0.1) is 0 Å². The van der Waals surface area contributed by atoms with Crippen LogP contribution in [-0.4, -0.2) is 28.9 Å². The van der Waals surface area contributed by atoms with E-state index >= 15 is 0 Å². The first-order chi connectivity index (χ1) is 10.6. The Kier molecular flexibility index (Phi) is 3.88. The molecule has 0 saturated carbocycles. The summed E-state index contributed by atoms with van der Waals surface area (Å²) in [6, 6.07) is 7.03. The van der Waals surface area contributed by atoms with Crippen molar-refractivity contribution in [2.45, 2.75) is 38.8 Å². The minimum Gasteiger partial charge on any atom is -0.361 e. The number of aromatic amines is 1. The molecule has 1 aromatic carbocycles. The SMILES string of the molecule is CC[C@H](C)[C@H]1NC(=O)[C@H](Cc2c[nH]c3ccccc23)NC1=O. The van der Waals surface area contributed by atoms with E-state index in [1.165, 1.54) is 0 Å². The summed E-state index contributed by atoms with van der Waals surface area (Å²) in [7, 11) is 0. The highest BCUT2D eigenvalue weighted by Gasteiger charge is 2.36. The normalized spacial score (nSPS) is 23.2. The molecule has 2 amide bonds. The molecular weight excluding hydrogens is 278 g/mol. The first-order valence-corrected chi connectivity index (χ1v) is 7.76. The molecule has 0 aliphatic carbocycles. The first kappa shape index (κ1) is 14.6. The van der Waals surface area contributed by atoms with Crippen molar-refractivity contribution in [3.63, 3.8) is 0 Å². The number of aromatic nitrogens is 1. The number of hydrogen-bond donors (Lipinski definition) is 3. The van der Waals surface area contributed by atoms with E-state index in [0.29, 0.717) is 6.42 Å². The maximum absolute atomic E-state index is 12.3. The molecule has 0 bridgehead atoms. The van der Waals surface area contributed by atoms with Gasteiger partial charge in [-0.3, -0.25) is 9.59 Å². The summed E-state index contributed by atoms with van der Waals surface area (Å²) in [5.41, 5.74) is 2.08. The highest BCUT2D eigenvalue weighted by molar-refractivity contribution is 5.97. The molecule has 1 aliphatic heterocycles. The van der Waals surface area contributed by atoms with Crippen LogP contribution in [0, 0.1) is 5.92 Å². The van der Waals surface area contributed by atoms with Crippen LogP contribution in [0.15, 0.2) is 30.5 Å². The lowest BCUT2D eigenvalue weighted by molar-refractivity contribution is -0.138. The topological polar surface area (TPSA) is 74.0 Å². The lowest BCUT2D eigenvalue weighted by Crippen LogP contribution is -2.63. The monoisotopic (exact) mass is 299 g/mol. The van der Waals surface area contributed by atoms with E-state index in [4.69, 9.17) is 0 Å². The zero-order chi connectivity index (χ0) is 15.7. The molecule has 3 rings (SSSR count). The Morgan fingerprint density at radius 1 is 1.14 bits per heavy atom. The number of H-pyrrole nitrogens is 1. The third kappa shape index (κ3) is 2.58. The smallest absolute Gasteiger partial charge is 0.243 e. The molecule has 5 heteroatoms. The Labute approximate surface area is 129 Å². The van der Waals surface area contributed by atoms with Crippen LogP contribution in [0.4, 0.5) is 0 Å². The van der Waals surface area contributed by atoms with Crippen LogP contribution in [-0.2, 0) is 16.0 Å². The highest BCUT2D eigenvalue weighted by atomic mass is 16.2. The fourth-order valence-corrected chi connectivity index (χ4v) is 2.95. The van der Waals surface area contributed by atoms with Gasteiger partial charge in [0, 0.05) is 23.5 Å². The number of carbonyl (C=O) groups excluding carboxylic acids is 2. The van der Waals surface area contributed by atoms with E-state index in [2.05, 4.69) is 15.6 Å². The average molecular weight is 299 g/mol. The molecule has 2 heterocycles. The van der Waals surface area contributed by atoms with Gasteiger partial charge in [0.1, 0.15) is 12.1 Å². The van der Waals surface area contributed by atoms with Crippen LogP contribution in [0.25, 0.3) is 10.9 Å². The number of carbonyl (C=O) groups is 2. The zero-order valence-corrected chi connectivity index (χ0v) is 12.8. The minimum absolute atomic E-state index is 0.0845. The minimum atomic E-state index is -0.507. The molecule has 0 unspecified atom stereocenters. The number of benzene rings is 1. The Morgan fingerprint density at radius 2 is 1.91 bits per heavy atom. The van der Waals surface area contributed by atoms with Crippen LogP contribution >= 0.6 is 0 Å². The first-order valence-electron chi connectivity index (χ1n) is 7.76. The maximum Gasteiger partial charge on any atom is 0.243 e. The van der Waals surface area contributed by atoms with Crippen LogP contribution < -0.4 is 10.6 Å². The Balaban J connectivity index is 1.76. The lowest BCUT2D eigenvalue weighted by atomic mass is 9.94. The number of piperazine rings is 1. The summed E-state index contributed by atoms with van der Waals surface area (Å²) in [5.74, 6) is -0.0491. The number of nitrogens with one attached hydrogen (secondary N) is 3. The number of hydrogen-bond acceptors (Lipinski definition) is 2. The average Bonchev–Trinajstić information content (AvgIpc) is 2.93. The van der Waals surface area contributed by atoms with Gasteiger partial charge in [0.25, 0.3) is 0 Å². The molecular formula is C17H21N3O2. The van der Waals surface area contributed by atoms with Crippen molar-refractivity contribution < 1.29 is 9.59 Å². The second kappa shape index (κ2) is 5.83. The maximum atomic E-state index is 12.3. The van der Waals surface area contributed by atoms with E-state index < -0.39 is 12.1 Å². The molecule has 5 nitrogen and oxygen atoms in total. The number of rotatable bonds is 4. The summed E-state index contributed by atoms with van der Waals surface area (Å²) < 4.78 is 0. The van der Waals surface area contributed by atoms with Crippen molar-refractivity contribution in [1.29, 1.82) is 0 Å². The van der Waals surface area contributed by atoms with E-state index in [9.17, 15) is 9.59 Å². The van der Waals surface area contributed by atoms with Gasteiger partial charge in [0.2, 0.25) is 11.8 Å².